The number of carbonyl (C=O) groups is 2. The van der Waals surface area contributed by atoms with Crippen molar-refractivity contribution in [2.24, 2.45) is 0 Å². The van der Waals surface area contributed by atoms with Crippen molar-refractivity contribution in [3.63, 3.8) is 0 Å². The average Bonchev–Trinajstić information content (AvgIpc) is 2.84. The van der Waals surface area contributed by atoms with Gasteiger partial charge < -0.3 is 25.3 Å². The van der Waals surface area contributed by atoms with Crippen molar-refractivity contribution in [1.29, 1.82) is 0 Å². The maximum absolute atomic E-state index is 13.6. The number of nitrogens with one attached hydrogen (secondary N) is 2. The molecule has 2 aromatic rings. The number of carbonyl (C=O) groups excluding carboxylic acids is 2. The number of hydrogen-bond donors (Lipinski definition) is 2. The van der Waals surface area contributed by atoms with Crippen LogP contribution in [-0.2, 0) is 17.6 Å². The molecule has 1 fully saturated rings. The quantitative estimate of drug-likeness (QED) is 0.571. The van der Waals surface area contributed by atoms with Crippen LogP contribution in [0.3, 0.4) is 0 Å². The number of likely N-dealkylation sites (N-methyl/N-ethyl adjacent to an activating group) is 1. The van der Waals surface area contributed by atoms with Crippen LogP contribution in [0.5, 0.6) is 0 Å². The van der Waals surface area contributed by atoms with Gasteiger partial charge in [-0.1, -0.05) is 17.7 Å². The van der Waals surface area contributed by atoms with Crippen molar-refractivity contribution in [3.05, 3.63) is 58.4 Å². The van der Waals surface area contributed by atoms with Crippen LogP contribution in [0.25, 0.3) is 0 Å². The zero-order valence-electron chi connectivity index (χ0n) is 21.0. The first-order chi connectivity index (χ1) is 17.3. The first kappa shape index (κ1) is 26.4. The number of fused-ring (bicyclic) bond motifs is 1. The third kappa shape index (κ3) is 6.96. The van der Waals surface area contributed by atoms with E-state index in [4.69, 9.17) is 11.6 Å². The number of piperazine rings is 1. The molecule has 2 aliphatic rings. The number of nitrogens with zero attached hydrogens (tertiary/aromatic N) is 3. The van der Waals surface area contributed by atoms with Crippen LogP contribution in [0, 0.1) is 5.82 Å². The highest BCUT2D eigenvalue weighted by Crippen LogP contribution is 2.28. The fraction of sp³-hybridized carbons (Fsp3) is 0.481. The Balaban J connectivity index is 1.47. The molecular formula is C27H35ClFN5O2. The predicted octanol–water partition coefficient (Wildman–Crippen LogP) is 4.47. The second-order valence-electron chi connectivity index (χ2n) is 9.81. The minimum absolute atomic E-state index is 0.0217. The van der Waals surface area contributed by atoms with Crippen LogP contribution < -0.4 is 10.6 Å². The molecule has 7 nitrogen and oxygen atoms in total. The summed E-state index contributed by atoms with van der Waals surface area (Å²) in [4.78, 5) is 31.7. The Kier molecular flexibility index (Phi) is 8.82. The first-order valence-corrected chi connectivity index (χ1v) is 13.0. The molecule has 0 saturated carbocycles. The van der Waals surface area contributed by atoms with Gasteiger partial charge in [-0.05, 0) is 80.7 Å². The van der Waals surface area contributed by atoms with Gasteiger partial charge in [0.15, 0.2) is 0 Å². The van der Waals surface area contributed by atoms with E-state index in [0.29, 0.717) is 12.2 Å². The minimum Gasteiger partial charge on any atom is -0.326 e. The molecule has 2 aromatic carbocycles. The van der Waals surface area contributed by atoms with Crippen molar-refractivity contribution in [2.45, 2.75) is 38.6 Å². The number of aryl methyl sites for hydroxylation is 1. The molecule has 1 aliphatic carbocycles. The summed E-state index contributed by atoms with van der Waals surface area (Å²) in [6, 6.07) is 10.0. The molecule has 1 unspecified atom stereocenters. The fourth-order valence-corrected chi connectivity index (χ4v) is 5.22. The zero-order chi connectivity index (χ0) is 25.7. The van der Waals surface area contributed by atoms with Crippen molar-refractivity contribution >= 4 is 34.9 Å². The largest absolute Gasteiger partial charge is 0.326 e. The van der Waals surface area contributed by atoms with Gasteiger partial charge in [0, 0.05) is 57.1 Å². The maximum atomic E-state index is 13.6. The molecule has 0 spiro atoms. The van der Waals surface area contributed by atoms with Gasteiger partial charge in [0.25, 0.3) is 0 Å². The monoisotopic (exact) mass is 515 g/mol. The summed E-state index contributed by atoms with van der Waals surface area (Å²) in [5, 5.41) is 5.75. The van der Waals surface area contributed by atoms with E-state index in [1.54, 1.807) is 0 Å². The van der Waals surface area contributed by atoms with Crippen LogP contribution in [0.1, 0.15) is 30.9 Å². The fourth-order valence-electron chi connectivity index (χ4n) is 5.04. The van der Waals surface area contributed by atoms with E-state index in [-0.39, 0.29) is 23.0 Å². The molecule has 2 N–H and O–H groups in total. The number of anilines is 2. The zero-order valence-corrected chi connectivity index (χ0v) is 21.8. The van der Waals surface area contributed by atoms with Gasteiger partial charge in [-0.15, -0.1) is 0 Å². The Morgan fingerprint density at radius 2 is 1.78 bits per heavy atom. The highest BCUT2D eigenvalue weighted by Gasteiger charge is 2.28. The van der Waals surface area contributed by atoms with Crippen LogP contribution >= 0.6 is 11.6 Å². The van der Waals surface area contributed by atoms with Crippen LogP contribution in [-0.4, -0.2) is 79.0 Å². The van der Waals surface area contributed by atoms with Crippen LogP contribution in [0.4, 0.5) is 20.6 Å². The van der Waals surface area contributed by atoms with E-state index in [9.17, 15) is 14.0 Å². The van der Waals surface area contributed by atoms with Crippen LogP contribution in [0.15, 0.2) is 36.4 Å². The molecule has 36 heavy (non-hydrogen) atoms. The lowest BCUT2D eigenvalue weighted by Crippen LogP contribution is -2.48. The average molecular weight is 516 g/mol. The van der Waals surface area contributed by atoms with E-state index in [0.717, 1.165) is 69.7 Å². The summed E-state index contributed by atoms with van der Waals surface area (Å²) in [6.45, 7) is 7.26. The summed E-state index contributed by atoms with van der Waals surface area (Å²) in [6.07, 6.45) is 3.31. The van der Waals surface area contributed by atoms with E-state index < -0.39 is 5.82 Å². The molecule has 0 bridgehead atoms. The molecule has 0 aromatic heterocycles. The van der Waals surface area contributed by atoms with Gasteiger partial charge in [0.2, 0.25) is 5.91 Å². The van der Waals surface area contributed by atoms with Gasteiger partial charge in [-0.2, -0.15) is 0 Å². The minimum atomic E-state index is -0.516. The van der Waals surface area contributed by atoms with Gasteiger partial charge in [0.05, 0.1) is 5.02 Å². The summed E-state index contributed by atoms with van der Waals surface area (Å²) in [5.74, 6) is -0.622. The number of benzene rings is 2. The van der Waals surface area contributed by atoms with Crippen molar-refractivity contribution in [3.8, 4) is 0 Å². The van der Waals surface area contributed by atoms with Crippen molar-refractivity contribution in [1.82, 2.24) is 14.7 Å². The Bertz CT molecular complexity index is 1090. The van der Waals surface area contributed by atoms with Gasteiger partial charge in [0.1, 0.15) is 5.82 Å². The Morgan fingerprint density at radius 1 is 1.06 bits per heavy atom. The molecule has 194 valence electrons. The molecule has 1 atom stereocenters. The van der Waals surface area contributed by atoms with Crippen LogP contribution in [0.2, 0.25) is 5.02 Å². The SMILES string of the molecule is CC(=O)Nc1ccc2c(c1)CC(N(CCCN1CCN(C)CC1)C(=O)Nc1ccc(F)c(Cl)c1)CC2. The molecular weight excluding hydrogens is 481 g/mol. The smallest absolute Gasteiger partial charge is 0.322 e. The lowest BCUT2D eigenvalue weighted by molar-refractivity contribution is -0.114. The number of amides is 3. The van der Waals surface area contributed by atoms with Gasteiger partial charge in [-0.3, -0.25) is 4.79 Å². The normalized spacial score (nSPS) is 18.4. The maximum Gasteiger partial charge on any atom is 0.322 e. The topological polar surface area (TPSA) is 67.9 Å². The number of halogens is 2. The summed E-state index contributed by atoms with van der Waals surface area (Å²) in [5.41, 5.74) is 3.65. The number of urea groups is 1. The molecule has 1 heterocycles. The second-order valence-corrected chi connectivity index (χ2v) is 10.2. The van der Waals surface area contributed by atoms with E-state index in [1.807, 2.05) is 17.0 Å². The third-order valence-electron chi connectivity index (χ3n) is 7.07. The number of rotatable bonds is 7. The predicted molar refractivity (Wildman–Crippen MR) is 142 cm³/mol. The van der Waals surface area contributed by atoms with E-state index >= 15 is 0 Å². The first-order valence-electron chi connectivity index (χ1n) is 12.6. The Morgan fingerprint density at radius 3 is 2.50 bits per heavy atom. The summed E-state index contributed by atoms with van der Waals surface area (Å²) >= 11 is 5.93. The molecule has 4 rings (SSSR count). The lowest BCUT2D eigenvalue weighted by atomic mass is 9.87. The van der Waals surface area contributed by atoms with E-state index in [2.05, 4.69) is 33.5 Å². The molecule has 9 heteroatoms. The lowest BCUT2D eigenvalue weighted by Gasteiger charge is -2.37. The summed E-state index contributed by atoms with van der Waals surface area (Å²) < 4.78 is 13.6. The highest BCUT2D eigenvalue weighted by atomic mass is 35.5. The van der Waals surface area contributed by atoms with Gasteiger partial charge in [-0.25, -0.2) is 9.18 Å². The molecule has 0 radical (unpaired) electrons. The van der Waals surface area contributed by atoms with E-state index in [1.165, 1.54) is 30.7 Å². The third-order valence-corrected chi connectivity index (χ3v) is 7.36. The molecule has 3 amide bonds. The van der Waals surface area contributed by atoms with Crippen molar-refractivity contribution < 1.29 is 14.0 Å². The summed E-state index contributed by atoms with van der Waals surface area (Å²) in [7, 11) is 2.14. The highest BCUT2D eigenvalue weighted by molar-refractivity contribution is 6.31. The Hall–Kier alpha value is -2.68. The Labute approximate surface area is 217 Å². The second kappa shape index (κ2) is 12.0. The van der Waals surface area contributed by atoms with Crippen molar-refractivity contribution in [2.75, 3.05) is 56.9 Å². The van der Waals surface area contributed by atoms with Gasteiger partial charge >= 0.3 is 6.03 Å². The number of hydrogen-bond acceptors (Lipinski definition) is 4. The standard InChI is InChI=1S/C27H35ClFN5O2/c1-19(35)30-22-6-4-20-5-8-24(17-21(20)16-22)34(11-3-10-33-14-12-32(2)13-15-33)27(36)31-23-7-9-26(29)25(28)18-23/h4,6-7,9,16,18,24H,3,5,8,10-15,17H2,1-2H3,(H,30,35)(H,31,36). The molecule has 1 aliphatic heterocycles. The molecule has 1 saturated heterocycles.